The lowest BCUT2D eigenvalue weighted by Crippen LogP contribution is -1.87. The predicted molar refractivity (Wildman–Crippen MR) is 67.5 cm³/mol. The summed E-state index contributed by atoms with van der Waals surface area (Å²) in [5.74, 6) is 1.47. The van der Waals surface area contributed by atoms with Gasteiger partial charge >= 0.3 is 0 Å². The molecule has 0 saturated carbocycles. The first-order chi connectivity index (χ1) is 6.74. The first-order valence-electron chi connectivity index (χ1n) is 4.02. The van der Waals surface area contributed by atoms with Gasteiger partial charge in [0.25, 0.3) is 0 Å². The minimum absolute atomic E-state index is 0. The zero-order chi connectivity index (χ0) is 10.1. The SMILES string of the molecule is Br.COc1cc(OC)c2sc(N)nc2c1. The largest absolute Gasteiger partial charge is 0.497 e. The monoisotopic (exact) mass is 290 g/mol. The van der Waals surface area contributed by atoms with Gasteiger partial charge in [-0.3, -0.25) is 0 Å². The summed E-state index contributed by atoms with van der Waals surface area (Å²) in [7, 11) is 3.22. The highest BCUT2D eigenvalue weighted by Gasteiger charge is 2.09. The molecule has 82 valence electrons. The Labute approximate surface area is 102 Å². The number of hydrogen-bond donors (Lipinski definition) is 1. The molecule has 15 heavy (non-hydrogen) atoms. The van der Waals surface area contributed by atoms with Gasteiger partial charge in [0, 0.05) is 12.1 Å². The fraction of sp³-hybridized carbons (Fsp3) is 0.222. The van der Waals surface area contributed by atoms with Crippen molar-refractivity contribution >= 4 is 43.7 Å². The average molecular weight is 291 g/mol. The van der Waals surface area contributed by atoms with E-state index in [2.05, 4.69) is 4.98 Å². The van der Waals surface area contributed by atoms with Crippen LogP contribution < -0.4 is 15.2 Å². The topological polar surface area (TPSA) is 57.4 Å². The smallest absolute Gasteiger partial charge is 0.181 e. The summed E-state index contributed by atoms with van der Waals surface area (Å²) in [6.07, 6.45) is 0. The maximum atomic E-state index is 5.62. The third-order valence-electron chi connectivity index (χ3n) is 1.90. The third kappa shape index (κ3) is 2.15. The van der Waals surface area contributed by atoms with Crippen LogP contribution in [-0.4, -0.2) is 19.2 Å². The molecule has 0 amide bonds. The normalized spacial score (nSPS) is 9.73. The number of nitrogen functional groups attached to an aromatic ring is 1. The lowest BCUT2D eigenvalue weighted by atomic mass is 10.3. The second-order valence-corrected chi connectivity index (χ2v) is 3.76. The van der Waals surface area contributed by atoms with E-state index < -0.39 is 0 Å². The number of thiazole rings is 1. The van der Waals surface area contributed by atoms with Crippen molar-refractivity contribution < 1.29 is 9.47 Å². The Hall–Kier alpha value is -1.01. The fourth-order valence-corrected chi connectivity index (χ4v) is 2.07. The molecular weight excluding hydrogens is 280 g/mol. The molecule has 0 bridgehead atoms. The minimum atomic E-state index is 0. The van der Waals surface area contributed by atoms with E-state index in [-0.39, 0.29) is 17.0 Å². The zero-order valence-corrected chi connectivity index (χ0v) is 10.8. The Bertz CT molecular complexity index is 472. The van der Waals surface area contributed by atoms with Crippen LogP contribution in [0, 0.1) is 0 Å². The highest BCUT2D eigenvalue weighted by Crippen LogP contribution is 2.35. The van der Waals surface area contributed by atoms with Gasteiger partial charge in [-0.05, 0) is 0 Å². The van der Waals surface area contributed by atoms with Crippen molar-refractivity contribution in [3.63, 3.8) is 0 Å². The molecule has 0 fully saturated rings. The van der Waals surface area contributed by atoms with E-state index in [0.717, 1.165) is 21.7 Å². The molecule has 2 N–H and O–H groups in total. The van der Waals surface area contributed by atoms with Crippen LogP contribution in [0.15, 0.2) is 12.1 Å². The zero-order valence-electron chi connectivity index (χ0n) is 8.31. The van der Waals surface area contributed by atoms with E-state index >= 15 is 0 Å². The number of nitrogens with zero attached hydrogens (tertiary/aromatic N) is 1. The first kappa shape index (κ1) is 12.1. The molecule has 2 aromatic rings. The van der Waals surface area contributed by atoms with Gasteiger partial charge in [-0.2, -0.15) is 0 Å². The van der Waals surface area contributed by atoms with E-state index in [1.54, 1.807) is 14.2 Å². The lowest BCUT2D eigenvalue weighted by molar-refractivity contribution is 0.398. The molecule has 0 aliphatic heterocycles. The Morgan fingerprint density at radius 1 is 1.27 bits per heavy atom. The van der Waals surface area contributed by atoms with Crippen LogP contribution in [0.2, 0.25) is 0 Å². The summed E-state index contributed by atoms with van der Waals surface area (Å²) < 4.78 is 11.3. The standard InChI is InChI=1S/C9H10N2O2S.BrH/c1-12-5-3-6-8(7(4-5)13-2)14-9(10)11-6;/h3-4H,1-2H3,(H2,10,11);1H. The van der Waals surface area contributed by atoms with Crippen molar-refractivity contribution in [3.05, 3.63) is 12.1 Å². The van der Waals surface area contributed by atoms with Crippen LogP contribution in [0.3, 0.4) is 0 Å². The number of aromatic nitrogens is 1. The fourth-order valence-electron chi connectivity index (χ4n) is 1.26. The van der Waals surface area contributed by atoms with Crippen LogP contribution in [0.1, 0.15) is 0 Å². The van der Waals surface area contributed by atoms with Gasteiger partial charge < -0.3 is 15.2 Å². The molecule has 0 spiro atoms. The molecule has 0 atom stereocenters. The first-order valence-corrected chi connectivity index (χ1v) is 4.84. The van der Waals surface area contributed by atoms with Gasteiger partial charge in [-0.25, -0.2) is 4.98 Å². The van der Waals surface area contributed by atoms with Crippen molar-refractivity contribution in [2.75, 3.05) is 20.0 Å². The van der Waals surface area contributed by atoms with Gasteiger partial charge in [0.15, 0.2) is 5.13 Å². The summed E-state index contributed by atoms with van der Waals surface area (Å²) >= 11 is 1.41. The number of rotatable bonds is 2. The number of fused-ring (bicyclic) bond motifs is 1. The molecular formula is C9H11BrN2O2S. The minimum Gasteiger partial charge on any atom is -0.497 e. The number of methoxy groups -OCH3 is 2. The molecule has 6 heteroatoms. The van der Waals surface area contributed by atoms with Crippen LogP contribution >= 0.6 is 28.3 Å². The number of anilines is 1. The molecule has 0 saturated heterocycles. The third-order valence-corrected chi connectivity index (χ3v) is 2.82. The number of benzene rings is 1. The van der Waals surface area contributed by atoms with Crippen LogP contribution in [-0.2, 0) is 0 Å². The molecule has 2 rings (SSSR count). The maximum Gasteiger partial charge on any atom is 0.181 e. The Balaban J connectivity index is 0.00000112. The van der Waals surface area contributed by atoms with Crippen molar-refractivity contribution in [2.45, 2.75) is 0 Å². The highest BCUT2D eigenvalue weighted by atomic mass is 79.9. The van der Waals surface area contributed by atoms with E-state index in [0.29, 0.717) is 5.13 Å². The van der Waals surface area contributed by atoms with Crippen LogP contribution in [0.25, 0.3) is 10.2 Å². The number of hydrogen-bond acceptors (Lipinski definition) is 5. The number of nitrogens with two attached hydrogens (primary N) is 1. The highest BCUT2D eigenvalue weighted by molar-refractivity contribution is 8.93. The maximum absolute atomic E-state index is 5.62. The Kier molecular flexibility index (Phi) is 3.76. The quantitative estimate of drug-likeness (QED) is 0.923. The Morgan fingerprint density at radius 3 is 2.60 bits per heavy atom. The molecule has 0 unspecified atom stereocenters. The molecule has 1 heterocycles. The van der Waals surface area contributed by atoms with Gasteiger partial charge in [0.2, 0.25) is 0 Å². The summed E-state index contributed by atoms with van der Waals surface area (Å²) in [6.45, 7) is 0. The summed E-state index contributed by atoms with van der Waals surface area (Å²) in [5, 5.41) is 0.534. The molecule has 0 radical (unpaired) electrons. The van der Waals surface area contributed by atoms with E-state index in [1.807, 2.05) is 12.1 Å². The number of ether oxygens (including phenoxy) is 2. The van der Waals surface area contributed by atoms with E-state index in [9.17, 15) is 0 Å². The molecule has 0 aliphatic carbocycles. The Morgan fingerprint density at radius 2 is 2.00 bits per heavy atom. The van der Waals surface area contributed by atoms with Crippen molar-refractivity contribution in [1.82, 2.24) is 4.98 Å². The molecule has 4 nitrogen and oxygen atoms in total. The number of halogens is 1. The van der Waals surface area contributed by atoms with Crippen molar-refractivity contribution in [3.8, 4) is 11.5 Å². The van der Waals surface area contributed by atoms with Crippen molar-refractivity contribution in [2.24, 2.45) is 0 Å². The summed E-state index contributed by atoms with van der Waals surface area (Å²) in [4.78, 5) is 4.17. The second-order valence-electron chi connectivity index (χ2n) is 2.73. The average Bonchev–Trinajstić information content (AvgIpc) is 2.56. The van der Waals surface area contributed by atoms with Crippen LogP contribution in [0.5, 0.6) is 11.5 Å². The summed E-state index contributed by atoms with van der Waals surface area (Å²) in [5.41, 5.74) is 6.43. The predicted octanol–water partition coefficient (Wildman–Crippen LogP) is 2.47. The van der Waals surface area contributed by atoms with E-state index in [4.69, 9.17) is 15.2 Å². The van der Waals surface area contributed by atoms with E-state index in [1.165, 1.54) is 11.3 Å². The van der Waals surface area contributed by atoms with Crippen molar-refractivity contribution in [1.29, 1.82) is 0 Å². The molecule has 0 aliphatic rings. The summed E-state index contributed by atoms with van der Waals surface area (Å²) in [6, 6.07) is 3.66. The van der Waals surface area contributed by atoms with Crippen LogP contribution in [0.4, 0.5) is 5.13 Å². The molecule has 1 aromatic carbocycles. The van der Waals surface area contributed by atoms with Gasteiger partial charge in [-0.1, -0.05) is 11.3 Å². The van der Waals surface area contributed by atoms with Gasteiger partial charge in [-0.15, -0.1) is 17.0 Å². The lowest BCUT2D eigenvalue weighted by Gasteiger charge is -2.03. The molecule has 1 aromatic heterocycles. The van der Waals surface area contributed by atoms with Gasteiger partial charge in [0.1, 0.15) is 11.5 Å². The van der Waals surface area contributed by atoms with Gasteiger partial charge in [0.05, 0.1) is 24.4 Å². The second kappa shape index (κ2) is 4.67.